The number of allylic oxidation sites excluding steroid dienone is 4. The average molecular weight is 570 g/mol. The summed E-state index contributed by atoms with van der Waals surface area (Å²) in [5.41, 5.74) is 14.1. The Balaban J connectivity index is 1.20. The summed E-state index contributed by atoms with van der Waals surface area (Å²) >= 11 is 0. The van der Waals surface area contributed by atoms with Gasteiger partial charge in [-0.1, -0.05) is 119 Å². The minimum atomic E-state index is -0.121. The molecule has 9 rings (SSSR count). The first-order valence-electron chi connectivity index (χ1n) is 16.1. The summed E-state index contributed by atoms with van der Waals surface area (Å²) in [6.45, 7) is 9.89. The summed E-state index contributed by atoms with van der Waals surface area (Å²) in [6.07, 6.45) is 11.7. The highest BCUT2D eigenvalue weighted by Crippen LogP contribution is 2.53. The lowest BCUT2D eigenvalue weighted by Crippen LogP contribution is -2.55. The summed E-state index contributed by atoms with van der Waals surface area (Å²) in [5, 5.41) is 2.44. The molecule has 0 spiro atoms. The lowest BCUT2D eigenvalue weighted by Gasteiger charge is -2.38. The second kappa shape index (κ2) is 9.02. The summed E-state index contributed by atoms with van der Waals surface area (Å²) in [7, 11) is 0. The number of fused-ring (bicyclic) bond motifs is 11. The van der Waals surface area contributed by atoms with Crippen molar-refractivity contribution < 1.29 is 4.42 Å². The van der Waals surface area contributed by atoms with Crippen molar-refractivity contribution >= 4 is 51.9 Å². The number of rotatable bonds is 2. The van der Waals surface area contributed by atoms with Gasteiger partial charge in [0.2, 0.25) is 0 Å². The van der Waals surface area contributed by atoms with Gasteiger partial charge in [0.05, 0.1) is 0 Å². The molecule has 0 bridgehead atoms. The lowest BCUT2D eigenvalue weighted by molar-refractivity contribution is 0.482. The van der Waals surface area contributed by atoms with Crippen molar-refractivity contribution in [3.63, 3.8) is 0 Å². The molecule has 3 heterocycles. The molecule has 2 nitrogen and oxygen atoms in total. The van der Waals surface area contributed by atoms with Crippen LogP contribution in [0.5, 0.6) is 0 Å². The fourth-order valence-corrected chi connectivity index (χ4v) is 8.91. The van der Waals surface area contributed by atoms with E-state index in [4.69, 9.17) is 4.42 Å². The normalized spacial score (nSPS) is 22.5. The fourth-order valence-electron chi connectivity index (χ4n) is 8.91. The number of hydrogen-bond donors (Lipinski definition) is 0. The molecule has 4 aliphatic rings. The van der Waals surface area contributed by atoms with E-state index in [0.717, 1.165) is 23.8 Å². The molecule has 4 aromatic carbocycles. The minimum Gasteiger partial charge on any atom is -0.456 e. The molecule has 0 saturated heterocycles. The number of hydrogen-bond acceptors (Lipinski definition) is 2. The molecule has 2 unspecified atom stereocenters. The van der Waals surface area contributed by atoms with Crippen LogP contribution in [0.4, 0.5) is 11.4 Å². The maximum Gasteiger partial charge on any atom is 0.304 e. The molecule has 1 aromatic heterocycles. The Hall–Kier alpha value is -4.50. The van der Waals surface area contributed by atoms with Gasteiger partial charge in [-0.05, 0) is 81.6 Å². The van der Waals surface area contributed by atoms with Crippen LogP contribution in [-0.2, 0) is 5.31 Å². The third-order valence-electron chi connectivity index (χ3n) is 10.9. The first-order valence-corrected chi connectivity index (χ1v) is 16.1. The van der Waals surface area contributed by atoms with Crippen LogP contribution < -0.4 is 20.9 Å². The molecule has 5 aromatic rings. The zero-order chi connectivity index (χ0) is 29.8. The Morgan fingerprint density at radius 3 is 2.50 bits per heavy atom. The van der Waals surface area contributed by atoms with Crippen molar-refractivity contribution in [2.75, 3.05) is 4.81 Å². The number of para-hydroxylation sites is 2. The Morgan fingerprint density at radius 1 is 0.841 bits per heavy atom. The van der Waals surface area contributed by atoms with E-state index in [0.29, 0.717) is 5.92 Å². The molecule has 2 aliphatic heterocycles. The van der Waals surface area contributed by atoms with Crippen LogP contribution in [0.2, 0.25) is 0 Å². The van der Waals surface area contributed by atoms with E-state index in [2.05, 4.69) is 148 Å². The zero-order valence-corrected chi connectivity index (χ0v) is 25.9. The van der Waals surface area contributed by atoms with E-state index < -0.39 is 0 Å². The smallest absolute Gasteiger partial charge is 0.304 e. The molecule has 0 saturated carbocycles. The van der Waals surface area contributed by atoms with Gasteiger partial charge in [-0.2, -0.15) is 0 Å². The van der Waals surface area contributed by atoms with Crippen LogP contribution in [0.1, 0.15) is 51.7 Å². The Kier molecular flexibility index (Phi) is 5.32. The molecule has 0 amide bonds. The first-order chi connectivity index (χ1) is 21.3. The fraction of sp³-hybridized carbons (Fsp3) is 0.220. The molecule has 3 heteroatoms. The third-order valence-corrected chi connectivity index (χ3v) is 10.9. The van der Waals surface area contributed by atoms with E-state index in [1.54, 1.807) is 0 Å². The van der Waals surface area contributed by atoms with Crippen molar-refractivity contribution in [2.45, 2.75) is 45.9 Å². The summed E-state index contributed by atoms with van der Waals surface area (Å²) in [4.78, 5) is 2.60. The maximum absolute atomic E-state index is 6.61. The SMILES string of the molecule is CC1CC=c2c(oc3ccccc23)=C1C1(C)C=C(c2ccc3c(c2)C(C)(C)B2c4ccccc4-c4ccccc4N23)C=CC1. The molecule has 2 aliphatic carbocycles. The Labute approximate surface area is 259 Å². The van der Waals surface area contributed by atoms with Gasteiger partial charge in [0.1, 0.15) is 11.0 Å². The van der Waals surface area contributed by atoms with E-state index in [9.17, 15) is 0 Å². The lowest BCUT2D eigenvalue weighted by atomic mass is 9.37. The summed E-state index contributed by atoms with van der Waals surface area (Å²) in [5.74, 6) is 0.423. The van der Waals surface area contributed by atoms with E-state index in [1.165, 1.54) is 60.8 Å². The van der Waals surface area contributed by atoms with Gasteiger partial charge in [-0.3, -0.25) is 0 Å². The first kappa shape index (κ1) is 26.0. The number of furan rings is 1. The highest BCUT2D eigenvalue weighted by Gasteiger charge is 2.52. The average Bonchev–Trinajstić information content (AvgIpc) is 3.53. The van der Waals surface area contributed by atoms with Crippen molar-refractivity contribution in [3.05, 3.63) is 131 Å². The highest BCUT2D eigenvalue weighted by atomic mass is 16.3. The summed E-state index contributed by atoms with van der Waals surface area (Å²) < 4.78 is 6.61. The number of anilines is 2. The second-order valence-electron chi connectivity index (χ2n) is 14.0. The van der Waals surface area contributed by atoms with Gasteiger partial charge in [-0.15, -0.1) is 0 Å². The van der Waals surface area contributed by atoms with Crippen LogP contribution in [0, 0.1) is 11.3 Å². The molecule has 0 fully saturated rings. The van der Waals surface area contributed by atoms with Crippen LogP contribution in [0.25, 0.3) is 39.3 Å². The van der Waals surface area contributed by atoms with Gasteiger partial charge in [-0.25, -0.2) is 0 Å². The third kappa shape index (κ3) is 3.44. The molecule has 2 atom stereocenters. The van der Waals surface area contributed by atoms with Crippen LogP contribution in [0.15, 0.2) is 114 Å². The van der Waals surface area contributed by atoms with Crippen molar-refractivity contribution in [1.82, 2.24) is 0 Å². The van der Waals surface area contributed by atoms with E-state index in [1.807, 2.05) is 0 Å². The zero-order valence-electron chi connectivity index (χ0n) is 25.9. The number of nitrogens with zero attached hydrogens (tertiary/aromatic N) is 1. The maximum atomic E-state index is 6.61. The van der Waals surface area contributed by atoms with Crippen LogP contribution in [-0.4, -0.2) is 6.85 Å². The largest absolute Gasteiger partial charge is 0.456 e. The standard InChI is InChI=1S/C41H36BNO/c1-26-19-21-32-31-15-7-10-18-37(31)44-39(32)38(26)41(4)23-11-12-28(25-41)27-20-22-36-33(24-27)40(2,3)42-34-16-8-5-13-29(34)30-14-6-9-17-35(30)43(36)42/h5-18,20-22,24-26H,19,23H2,1-4H3. The molecule has 44 heavy (non-hydrogen) atoms. The Bertz CT molecular complexity index is 2210. The van der Waals surface area contributed by atoms with Crippen LogP contribution in [0.3, 0.4) is 0 Å². The van der Waals surface area contributed by atoms with Gasteiger partial charge < -0.3 is 9.23 Å². The molecule has 0 radical (unpaired) electrons. The molecular weight excluding hydrogens is 533 g/mol. The quantitative estimate of drug-likeness (QED) is 0.199. The Morgan fingerprint density at radius 2 is 1.61 bits per heavy atom. The van der Waals surface area contributed by atoms with Gasteiger partial charge in [0.25, 0.3) is 0 Å². The van der Waals surface area contributed by atoms with Crippen LogP contribution >= 0.6 is 0 Å². The van der Waals surface area contributed by atoms with Gasteiger partial charge in [0, 0.05) is 33.0 Å². The minimum absolute atomic E-state index is 0.0666. The van der Waals surface area contributed by atoms with Crippen molar-refractivity contribution in [3.8, 4) is 11.1 Å². The molecular formula is C41H36BNO. The van der Waals surface area contributed by atoms with E-state index >= 15 is 0 Å². The summed E-state index contributed by atoms with van der Waals surface area (Å²) in [6, 6.07) is 33.6. The highest BCUT2D eigenvalue weighted by molar-refractivity contribution is 6.84. The van der Waals surface area contributed by atoms with Gasteiger partial charge >= 0.3 is 6.85 Å². The monoisotopic (exact) mass is 569 g/mol. The number of benzene rings is 4. The molecule has 0 N–H and O–H groups in total. The second-order valence-corrected chi connectivity index (χ2v) is 14.0. The van der Waals surface area contributed by atoms with Crippen molar-refractivity contribution in [1.29, 1.82) is 0 Å². The van der Waals surface area contributed by atoms with E-state index in [-0.39, 0.29) is 17.6 Å². The predicted octanol–water partition coefficient (Wildman–Crippen LogP) is 8.30. The molecule has 214 valence electrons. The predicted molar refractivity (Wildman–Crippen MR) is 186 cm³/mol. The topological polar surface area (TPSA) is 16.4 Å². The van der Waals surface area contributed by atoms with Crippen molar-refractivity contribution in [2.24, 2.45) is 11.3 Å². The van der Waals surface area contributed by atoms with Gasteiger partial charge in [0.15, 0.2) is 0 Å².